The summed E-state index contributed by atoms with van der Waals surface area (Å²) in [7, 11) is 1.85. The normalized spacial score (nSPS) is 18.9. The first-order valence-corrected chi connectivity index (χ1v) is 9.81. The standard InChI is InChI=1S/C21H22FN7O/c1-28-10-14(6-25-28)15-11-29-19(9-24-21(29)5-13(15)12-30)17-3-2-4-20(26-17)27-18-8-23-7-16(18)22/h2-6,9-11,16,18,23,30H,7-8,12H2,1H3,(H,26,27)/t16-,18-/m0/s1. The quantitative estimate of drug-likeness (QED) is 0.469. The minimum atomic E-state index is -0.940. The third-order valence-electron chi connectivity index (χ3n) is 5.40. The van der Waals surface area contributed by atoms with E-state index in [4.69, 9.17) is 0 Å². The number of fused-ring (bicyclic) bond motifs is 1. The molecule has 4 aromatic rings. The lowest BCUT2D eigenvalue weighted by molar-refractivity contribution is 0.282. The molecule has 1 aliphatic rings. The summed E-state index contributed by atoms with van der Waals surface area (Å²) in [6.45, 7) is 0.830. The van der Waals surface area contributed by atoms with Gasteiger partial charge in [0.15, 0.2) is 0 Å². The van der Waals surface area contributed by atoms with Crippen LogP contribution >= 0.6 is 0 Å². The molecule has 9 heteroatoms. The number of aromatic nitrogens is 5. The smallest absolute Gasteiger partial charge is 0.137 e. The second kappa shape index (κ2) is 7.51. The van der Waals surface area contributed by atoms with Crippen LogP contribution in [0.25, 0.3) is 28.2 Å². The summed E-state index contributed by atoms with van der Waals surface area (Å²) >= 11 is 0. The maximum Gasteiger partial charge on any atom is 0.137 e. The number of nitrogens with one attached hydrogen (secondary N) is 2. The van der Waals surface area contributed by atoms with Crippen LogP contribution in [0.2, 0.25) is 0 Å². The van der Waals surface area contributed by atoms with E-state index in [0.29, 0.717) is 24.6 Å². The van der Waals surface area contributed by atoms with E-state index in [1.807, 2.05) is 48.1 Å². The minimum Gasteiger partial charge on any atom is -0.392 e. The Morgan fingerprint density at radius 3 is 2.90 bits per heavy atom. The molecule has 0 radical (unpaired) electrons. The Morgan fingerprint density at radius 1 is 1.27 bits per heavy atom. The van der Waals surface area contributed by atoms with Crippen LogP contribution in [0.5, 0.6) is 0 Å². The van der Waals surface area contributed by atoms with Crippen LogP contribution in [0, 0.1) is 0 Å². The van der Waals surface area contributed by atoms with Crippen LogP contribution < -0.4 is 10.6 Å². The van der Waals surface area contributed by atoms with Gasteiger partial charge < -0.3 is 15.7 Å². The monoisotopic (exact) mass is 407 g/mol. The summed E-state index contributed by atoms with van der Waals surface area (Å²) in [6, 6.07) is 7.20. The first-order chi connectivity index (χ1) is 14.6. The number of hydrogen-bond acceptors (Lipinski definition) is 6. The zero-order valence-electron chi connectivity index (χ0n) is 16.5. The van der Waals surface area contributed by atoms with E-state index in [1.54, 1.807) is 17.1 Å². The Kier molecular flexibility index (Phi) is 4.68. The molecule has 0 amide bonds. The molecule has 4 aromatic heterocycles. The molecular formula is C21H22FN7O. The molecule has 5 rings (SSSR count). The Bertz CT molecular complexity index is 1200. The average molecular weight is 407 g/mol. The number of rotatable bonds is 5. The number of halogens is 1. The van der Waals surface area contributed by atoms with Crippen LogP contribution in [-0.2, 0) is 13.7 Å². The van der Waals surface area contributed by atoms with Crippen molar-refractivity contribution in [3.05, 3.63) is 54.6 Å². The second-order valence-electron chi connectivity index (χ2n) is 7.48. The maximum atomic E-state index is 13.9. The van der Waals surface area contributed by atoms with Crippen LogP contribution in [0.15, 0.2) is 49.1 Å². The van der Waals surface area contributed by atoms with Crippen LogP contribution in [0.1, 0.15) is 5.56 Å². The van der Waals surface area contributed by atoms with E-state index in [9.17, 15) is 9.50 Å². The predicted octanol–water partition coefficient (Wildman–Crippen LogP) is 2.01. The van der Waals surface area contributed by atoms with E-state index in [1.165, 1.54) is 0 Å². The molecule has 1 aliphatic heterocycles. The Morgan fingerprint density at radius 2 is 2.17 bits per heavy atom. The van der Waals surface area contributed by atoms with Crippen LogP contribution in [0.4, 0.5) is 10.2 Å². The van der Waals surface area contributed by atoms with Gasteiger partial charge >= 0.3 is 0 Å². The fraction of sp³-hybridized carbons (Fsp3) is 0.286. The average Bonchev–Trinajstić information content (AvgIpc) is 3.47. The fourth-order valence-electron chi connectivity index (χ4n) is 3.84. The molecule has 1 fully saturated rings. The van der Waals surface area contributed by atoms with E-state index < -0.39 is 6.17 Å². The summed E-state index contributed by atoms with van der Waals surface area (Å²) in [5.74, 6) is 0.623. The van der Waals surface area contributed by atoms with Gasteiger partial charge in [-0.2, -0.15) is 5.10 Å². The number of anilines is 1. The topological polar surface area (TPSA) is 92.3 Å². The SMILES string of the molecule is Cn1cc(-c2cn3c(-c4cccc(N[C@H]5CNC[C@@H]5F)n4)cnc3cc2CO)cn1. The summed E-state index contributed by atoms with van der Waals surface area (Å²) in [4.78, 5) is 9.17. The number of hydrogen-bond donors (Lipinski definition) is 3. The molecule has 2 atom stereocenters. The lowest BCUT2D eigenvalue weighted by Crippen LogP contribution is -2.29. The Hall–Kier alpha value is -3.30. The van der Waals surface area contributed by atoms with Crippen molar-refractivity contribution in [3.63, 3.8) is 0 Å². The fourth-order valence-corrected chi connectivity index (χ4v) is 3.84. The van der Waals surface area contributed by atoms with Crippen LogP contribution in [-0.4, -0.2) is 54.6 Å². The van der Waals surface area contributed by atoms with E-state index >= 15 is 0 Å². The van der Waals surface area contributed by atoms with Gasteiger partial charge in [0, 0.05) is 43.7 Å². The lowest BCUT2D eigenvalue weighted by atomic mass is 10.1. The zero-order valence-corrected chi connectivity index (χ0v) is 16.5. The zero-order chi connectivity index (χ0) is 20.7. The molecule has 0 aliphatic carbocycles. The summed E-state index contributed by atoms with van der Waals surface area (Å²) in [6.07, 6.45) is 6.43. The third-order valence-corrected chi connectivity index (χ3v) is 5.40. The molecule has 0 spiro atoms. The molecule has 0 aromatic carbocycles. The van der Waals surface area contributed by atoms with Crippen molar-refractivity contribution in [3.8, 4) is 22.5 Å². The highest BCUT2D eigenvalue weighted by Gasteiger charge is 2.26. The Balaban J connectivity index is 1.55. The van der Waals surface area contributed by atoms with Crippen LogP contribution in [0.3, 0.4) is 0 Å². The summed E-state index contributed by atoms with van der Waals surface area (Å²) in [5.41, 5.74) is 4.81. The minimum absolute atomic E-state index is 0.0968. The molecule has 0 bridgehead atoms. The number of aryl methyl sites for hydroxylation is 1. The lowest BCUT2D eigenvalue weighted by Gasteiger charge is -2.15. The second-order valence-corrected chi connectivity index (χ2v) is 7.48. The molecule has 1 saturated heterocycles. The van der Waals surface area contributed by atoms with Crippen molar-refractivity contribution in [1.82, 2.24) is 29.5 Å². The van der Waals surface area contributed by atoms with E-state index in [2.05, 4.69) is 25.7 Å². The third kappa shape index (κ3) is 3.31. The molecule has 0 unspecified atom stereocenters. The first kappa shape index (κ1) is 18.7. The van der Waals surface area contributed by atoms with Crippen molar-refractivity contribution >= 4 is 11.5 Å². The number of aliphatic hydroxyl groups excluding tert-OH is 1. The molecule has 30 heavy (non-hydrogen) atoms. The van der Waals surface area contributed by atoms with Gasteiger partial charge in [-0.05, 0) is 23.8 Å². The highest BCUT2D eigenvalue weighted by atomic mass is 19.1. The van der Waals surface area contributed by atoms with Gasteiger partial charge in [0.1, 0.15) is 17.6 Å². The highest BCUT2D eigenvalue weighted by Crippen LogP contribution is 2.28. The van der Waals surface area contributed by atoms with Gasteiger partial charge in [-0.3, -0.25) is 9.08 Å². The molecule has 154 valence electrons. The van der Waals surface area contributed by atoms with Crippen molar-refractivity contribution in [2.75, 3.05) is 18.4 Å². The molecular weight excluding hydrogens is 385 g/mol. The predicted molar refractivity (Wildman–Crippen MR) is 112 cm³/mol. The molecule has 0 saturated carbocycles. The van der Waals surface area contributed by atoms with Gasteiger partial charge in [0.25, 0.3) is 0 Å². The van der Waals surface area contributed by atoms with E-state index in [-0.39, 0.29) is 12.6 Å². The van der Waals surface area contributed by atoms with Crippen molar-refractivity contribution in [1.29, 1.82) is 0 Å². The molecule has 5 heterocycles. The van der Waals surface area contributed by atoms with Gasteiger partial charge in [-0.1, -0.05) is 6.07 Å². The number of nitrogens with zero attached hydrogens (tertiary/aromatic N) is 5. The van der Waals surface area contributed by atoms with Gasteiger partial charge in [0.2, 0.25) is 0 Å². The summed E-state index contributed by atoms with van der Waals surface area (Å²) < 4.78 is 17.6. The molecule has 8 nitrogen and oxygen atoms in total. The highest BCUT2D eigenvalue weighted by molar-refractivity contribution is 5.71. The van der Waals surface area contributed by atoms with Gasteiger partial charge in [-0.25, -0.2) is 14.4 Å². The number of imidazole rings is 1. The molecule has 3 N–H and O–H groups in total. The maximum absolute atomic E-state index is 13.9. The van der Waals surface area contributed by atoms with Gasteiger partial charge in [-0.15, -0.1) is 0 Å². The van der Waals surface area contributed by atoms with Crippen molar-refractivity contribution in [2.24, 2.45) is 7.05 Å². The number of alkyl halides is 1. The first-order valence-electron chi connectivity index (χ1n) is 9.81. The van der Waals surface area contributed by atoms with Crippen molar-refractivity contribution in [2.45, 2.75) is 18.8 Å². The summed E-state index contributed by atoms with van der Waals surface area (Å²) in [5, 5.41) is 20.3. The Labute approximate surface area is 172 Å². The van der Waals surface area contributed by atoms with E-state index in [0.717, 1.165) is 28.1 Å². The number of pyridine rings is 2. The number of aliphatic hydroxyl groups is 1. The van der Waals surface area contributed by atoms with Gasteiger partial charge in [0.05, 0.1) is 36.4 Å². The van der Waals surface area contributed by atoms with Crippen molar-refractivity contribution < 1.29 is 9.50 Å². The largest absolute Gasteiger partial charge is 0.392 e.